The van der Waals surface area contributed by atoms with Crippen LogP contribution in [0.15, 0.2) is 78.9 Å². The van der Waals surface area contributed by atoms with E-state index in [1.54, 1.807) is 12.1 Å². The van der Waals surface area contributed by atoms with Gasteiger partial charge in [-0.15, -0.1) is 0 Å². The van der Waals surface area contributed by atoms with Gasteiger partial charge in [-0.25, -0.2) is 4.79 Å². The molecule has 4 aromatic carbocycles. The lowest BCUT2D eigenvalue weighted by atomic mass is 9.97. The molecule has 0 aliphatic carbocycles. The number of fused-ring (bicyclic) bond motifs is 2. The van der Waals surface area contributed by atoms with Crippen LogP contribution in [-0.4, -0.2) is 6.16 Å². The lowest BCUT2D eigenvalue weighted by Crippen LogP contribution is -2.14. The van der Waals surface area contributed by atoms with E-state index in [-0.39, 0.29) is 0 Å². The van der Waals surface area contributed by atoms with E-state index in [0.717, 1.165) is 28.0 Å². The first-order valence-corrected chi connectivity index (χ1v) is 8.64. The molecule has 4 rings (SSSR count). The summed E-state index contributed by atoms with van der Waals surface area (Å²) in [5.41, 5.74) is 1.22. The number of hydrogen-bond donors (Lipinski definition) is 0. The summed E-state index contributed by atoms with van der Waals surface area (Å²) in [6, 6.07) is 25.0. The molecule has 0 radical (unpaired) electrons. The van der Waals surface area contributed by atoms with Crippen molar-refractivity contribution in [3.05, 3.63) is 84.4 Å². The Hall–Kier alpha value is -3.33. The Kier molecular flexibility index (Phi) is 4.28. The molecule has 128 valence electrons. The summed E-state index contributed by atoms with van der Waals surface area (Å²) >= 11 is 0. The number of rotatable bonds is 3. The summed E-state index contributed by atoms with van der Waals surface area (Å²) in [4.78, 5) is 12.4. The maximum Gasteiger partial charge on any atom is 0.519 e. The molecule has 0 saturated carbocycles. The highest BCUT2D eigenvalue weighted by molar-refractivity contribution is 6.07. The number of carbonyl (C=O) groups is 1. The smallest absolute Gasteiger partial charge is 0.395 e. The molecule has 0 saturated heterocycles. The molecule has 4 aromatic rings. The average Bonchev–Trinajstić information content (AvgIpc) is 2.68. The summed E-state index contributed by atoms with van der Waals surface area (Å²) in [5, 5.41) is 3.92. The molecule has 0 N–H and O–H groups in total. The van der Waals surface area contributed by atoms with Crippen molar-refractivity contribution >= 4 is 27.7 Å². The molecule has 0 unspecified atom stereocenters. The molecule has 0 bridgehead atoms. The second-order valence-electron chi connectivity index (χ2n) is 6.06. The van der Waals surface area contributed by atoms with Crippen LogP contribution >= 0.6 is 0 Å². The molecule has 26 heavy (non-hydrogen) atoms. The van der Waals surface area contributed by atoms with Crippen LogP contribution in [0.2, 0.25) is 0 Å². The minimum Gasteiger partial charge on any atom is -0.395 e. The van der Waals surface area contributed by atoms with Gasteiger partial charge in [0.05, 0.1) is 0 Å². The van der Waals surface area contributed by atoms with Gasteiger partial charge in [0.2, 0.25) is 0 Å². The molecule has 0 aliphatic rings. The molecule has 0 amide bonds. The van der Waals surface area contributed by atoms with Crippen LogP contribution in [0.5, 0.6) is 11.5 Å². The zero-order valence-electron chi connectivity index (χ0n) is 14.4. The predicted molar refractivity (Wildman–Crippen MR) is 104 cm³/mol. The molecule has 0 aromatic heterocycles. The van der Waals surface area contributed by atoms with Crippen LogP contribution in [0.25, 0.3) is 21.5 Å². The second-order valence-corrected chi connectivity index (χ2v) is 6.06. The lowest BCUT2D eigenvalue weighted by Gasteiger charge is -2.13. The third-order valence-electron chi connectivity index (χ3n) is 4.46. The third kappa shape index (κ3) is 3.00. The van der Waals surface area contributed by atoms with Crippen LogP contribution in [0, 0.1) is 0 Å². The van der Waals surface area contributed by atoms with Gasteiger partial charge >= 0.3 is 6.16 Å². The Morgan fingerprint density at radius 3 is 2.31 bits per heavy atom. The lowest BCUT2D eigenvalue weighted by molar-refractivity contribution is 0.153. The largest absolute Gasteiger partial charge is 0.519 e. The quantitative estimate of drug-likeness (QED) is 0.255. The molecule has 0 heterocycles. The maximum atomic E-state index is 12.4. The second kappa shape index (κ2) is 6.89. The summed E-state index contributed by atoms with van der Waals surface area (Å²) in [6.45, 7) is 2.12. The van der Waals surface area contributed by atoms with Crippen LogP contribution in [-0.2, 0) is 6.42 Å². The van der Waals surface area contributed by atoms with Crippen LogP contribution < -0.4 is 9.47 Å². The molecule has 3 heteroatoms. The van der Waals surface area contributed by atoms with Crippen LogP contribution in [0.4, 0.5) is 4.79 Å². The van der Waals surface area contributed by atoms with Gasteiger partial charge in [0.15, 0.2) is 0 Å². The van der Waals surface area contributed by atoms with Crippen molar-refractivity contribution in [1.29, 1.82) is 0 Å². The third-order valence-corrected chi connectivity index (χ3v) is 4.46. The van der Waals surface area contributed by atoms with Crippen molar-refractivity contribution in [3.8, 4) is 11.5 Å². The van der Waals surface area contributed by atoms with Gasteiger partial charge in [-0.3, -0.25) is 0 Å². The molecule has 0 atom stereocenters. The molecular formula is C23H18O3. The van der Waals surface area contributed by atoms with Crippen molar-refractivity contribution in [3.63, 3.8) is 0 Å². The van der Waals surface area contributed by atoms with E-state index in [0.29, 0.717) is 11.5 Å². The van der Waals surface area contributed by atoms with Crippen molar-refractivity contribution in [1.82, 2.24) is 0 Å². The highest BCUT2D eigenvalue weighted by atomic mass is 16.7. The van der Waals surface area contributed by atoms with Gasteiger partial charge in [-0.1, -0.05) is 67.6 Å². The Labute approximate surface area is 151 Å². The van der Waals surface area contributed by atoms with E-state index in [2.05, 4.69) is 19.1 Å². The fraction of sp³-hybridized carbons (Fsp3) is 0.0870. The maximum absolute atomic E-state index is 12.4. The molecule has 0 fully saturated rings. The van der Waals surface area contributed by atoms with Gasteiger partial charge in [0, 0.05) is 10.8 Å². The van der Waals surface area contributed by atoms with Gasteiger partial charge in [0.25, 0.3) is 0 Å². The van der Waals surface area contributed by atoms with Crippen LogP contribution in [0.3, 0.4) is 0 Å². The van der Waals surface area contributed by atoms with Gasteiger partial charge in [-0.05, 0) is 41.0 Å². The molecule has 3 nitrogen and oxygen atoms in total. The average molecular weight is 342 g/mol. The number of carbonyl (C=O) groups excluding carboxylic acids is 1. The van der Waals surface area contributed by atoms with Gasteiger partial charge in [0.1, 0.15) is 11.5 Å². The molecular weight excluding hydrogens is 324 g/mol. The van der Waals surface area contributed by atoms with Crippen molar-refractivity contribution in [2.45, 2.75) is 13.3 Å². The highest BCUT2D eigenvalue weighted by Gasteiger charge is 2.15. The number of ether oxygens (including phenoxy) is 2. The number of aryl methyl sites for hydroxylation is 1. The first-order chi connectivity index (χ1) is 12.8. The Bertz CT molecular complexity index is 1080. The fourth-order valence-corrected chi connectivity index (χ4v) is 3.22. The fourth-order valence-electron chi connectivity index (χ4n) is 3.22. The van der Waals surface area contributed by atoms with E-state index < -0.39 is 6.16 Å². The van der Waals surface area contributed by atoms with Crippen LogP contribution in [0.1, 0.15) is 12.5 Å². The minimum absolute atomic E-state index is 0.455. The van der Waals surface area contributed by atoms with Crippen molar-refractivity contribution in [2.24, 2.45) is 0 Å². The summed E-state index contributed by atoms with van der Waals surface area (Å²) in [7, 11) is 0. The monoisotopic (exact) mass is 342 g/mol. The Morgan fingerprint density at radius 2 is 1.50 bits per heavy atom. The summed E-state index contributed by atoms with van der Waals surface area (Å²) < 4.78 is 11.0. The van der Waals surface area contributed by atoms with E-state index in [9.17, 15) is 4.79 Å². The van der Waals surface area contributed by atoms with Gasteiger partial charge < -0.3 is 9.47 Å². The highest BCUT2D eigenvalue weighted by Crippen LogP contribution is 2.36. The summed E-state index contributed by atoms with van der Waals surface area (Å²) in [5.74, 6) is 0.991. The number of para-hydroxylation sites is 1. The number of hydrogen-bond acceptors (Lipinski definition) is 3. The Morgan fingerprint density at radius 1 is 0.769 bits per heavy atom. The number of benzene rings is 4. The Balaban J connectivity index is 1.82. The van der Waals surface area contributed by atoms with Crippen molar-refractivity contribution < 1.29 is 14.3 Å². The van der Waals surface area contributed by atoms with Gasteiger partial charge in [-0.2, -0.15) is 0 Å². The zero-order chi connectivity index (χ0) is 17.9. The molecule has 0 aliphatic heterocycles. The molecule has 0 spiro atoms. The first kappa shape index (κ1) is 16.2. The van der Waals surface area contributed by atoms with E-state index >= 15 is 0 Å². The van der Waals surface area contributed by atoms with E-state index in [4.69, 9.17) is 9.47 Å². The summed E-state index contributed by atoms with van der Waals surface area (Å²) in [6.07, 6.45) is 0.166. The van der Waals surface area contributed by atoms with E-state index in [1.807, 2.05) is 54.6 Å². The predicted octanol–water partition coefficient (Wildman–Crippen LogP) is 6.13. The SMILES string of the molecule is CCc1cccc2c(OC(=O)Oc3ccccc3)c3ccccc3cc12. The van der Waals surface area contributed by atoms with E-state index in [1.165, 1.54) is 5.56 Å². The minimum atomic E-state index is -0.740. The van der Waals surface area contributed by atoms with Crippen molar-refractivity contribution in [2.75, 3.05) is 0 Å². The topological polar surface area (TPSA) is 35.5 Å². The zero-order valence-corrected chi connectivity index (χ0v) is 14.4. The normalized spacial score (nSPS) is 10.8. The standard InChI is InChI=1S/C23H18O3/c1-2-16-10-8-14-20-21(16)15-17-9-6-7-13-19(17)22(20)26-23(24)25-18-11-4-3-5-12-18/h3-15H,2H2,1H3. The first-order valence-electron chi connectivity index (χ1n) is 8.64.